The fraction of sp³-hybridized carbons (Fsp3) is 0.375. The molecule has 0 unspecified atom stereocenters. The van der Waals surface area contributed by atoms with Crippen LogP contribution in [0.5, 0.6) is 5.75 Å². The summed E-state index contributed by atoms with van der Waals surface area (Å²) in [5.74, 6) is 0.548. The van der Waals surface area contributed by atoms with Gasteiger partial charge in [0, 0.05) is 29.1 Å². The molecule has 3 aromatic carbocycles. The molecule has 1 aliphatic rings. The van der Waals surface area contributed by atoms with Crippen molar-refractivity contribution < 1.29 is 14.3 Å². The van der Waals surface area contributed by atoms with Crippen molar-refractivity contribution in [2.24, 2.45) is 0 Å². The van der Waals surface area contributed by atoms with E-state index >= 15 is 0 Å². The summed E-state index contributed by atoms with van der Waals surface area (Å²) in [5.41, 5.74) is 2.87. The van der Waals surface area contributed by atoms with E-state index < -0.39 is 6.04 Å². The molecule has 1 N–H and O–H groups in total. The second kappa shape index (κ2) is 13.9. The highest BCUT2D eigenvalue weighted by molar-refractivity contribution is 6.35. The molecule has 0 radical (unpaired) electrons. The van der Waals surface area contributed by atoms with Gasteiger partial charge in [-0.1, -0.05) is 98.4 Å². The summed E-state index contributed by atoms with van der Waals surface area (Å²) in [7, 11) is 0. The van der Waals surface area contributed by atoms with E-state index in [1.54, 1.807) is 23.1 Å². The molecule has 1 atom stereocenters. The van der Waals surface area contributed by atoms with Crippen LogP contribution in [0.15, 0.2) is 72.8 Å². The summed E-state index contributed by atoms with van der Waals surface area (Å²) in [6, 6.07) is 22.1. The van der Waals surface area contributed by atoms with Gasteiger partial charge in [0.15, 0.2) is 6.61 Å². The lowest BCUT2D eigenvalue weighted by Gasteiger charge is -2.32. The summed E-state index contributed by atoms with van der Waals surface area (Å²) >= 11 is 12.6. The lowest BCUT2D eigenvalue weighted by molar-refractivity contribution is -0.143. The zero-order chi connectivity index (χ0) is 27.8. The Morgan fingerprint density at radius 3 is 2.31 bits per heavy atom. The number of nitrogens with zero attached hydrogens (tertiary/aromatic N) is 1. The summed E-state index contributed by atoms with van der Waals surface area (Å²) in [6.45, 7) is 4.21. The summed E-state index contributed by atoms with van der Waals surface area (Å²) in [5, 5.41) is 4.16. The van der Waals surface area contributed by atoms with E-state index in [9.17, 15) is 9.59 Å². The lowest BCUT2D eigenvalue weighted by atomic mass is 10.0. The molecule has 0 bridgehead atoms. The number of hydrogen-bond donors (Lipinski definition) is 1. The van der Waals surface area contributed by atoms with Crippen LogP contribution in [0.4, 0.5) is 0 Å². The third kappa shape index (κ3) is 8.23. The van der Waals surface area contributed by atoms with Gasteiger partial charge in [-0.15, -0.1) is 0 Å². The average Bonchev–Trinajstić information content (AvgIpc) is 3.44. The molecule has 1 fully saturated rings. The average molecular weight is 568 g/mol. The Morgan fingerprint density at radius 2 is 1.67 bits per heavy atom. The van der Waals surface area contributed by atoms with Crippen LogP contribution in [0.2, 0.25) is 10.0 Å². The van der Waals surface area contributed by atoms with Crippen LogP contribution in [0.25, 0.3) is 0 Å². The molecule has 0 spiro atoms. The molecule has 0 aromatic heterocycles. The third-order valence-corrected chi connectivity index (χ3v) is 7.82. The van der Waals surface area contributed by atoms with Crippen LogP contribution in [0, 0.1) is 0 Å². The van der Waals surface area contributed by atoms with Gasteiger partial charge >= 0.3 is 0 Å². The van der Waals surface area contributed by atoms with Gasteiger partial charge in [-0.05, 0) is 59.7 Å². The maximum Gasteiger partial charge on any atom is 0.261 e. The molecule has 0 saturated heterocycles. The Kier molecular flexibility index (Phi) is 10.3. The maximum atomic E-state index is 13.8. The van der Waals surface area contributed by atoms with Crippen molar-refractivity contribution in [2.75, 3.05) is 6.61 Å². The van der Waals surface area contributed by atoms with Gasteiger partial charge in [-0.2, -0.15) is 0 Å². The second-order valence-corrected chi connectivity index (χ2v) is 11.3. The number of rotatable bonds is 11. The van der Waals surface area contributed by atoms with E-state index in [-0.39, 0.29) is 31.0 Å². The molecule has 206 valence electrons. The fourth-order valence-corrected chi connectivity index (χ4v) is 5.40. The van der Waals surface area contributed by atoms with E-state index in [1.807, 2.05) is 54.6 Å². The van der Waals surface area contributed by atoms with Crippen molar-refractivity contribution in [1.29, 1.82) is 0 Å². The Morgan fingerprint density at radius 1 is 0.974 bits per heavy atom. The molecule has 2 amide bonds. The Hall–Kier alpha value is -3.02. The number of amides is 2. The normalized spacial score (nSPS) is 14.3. The number of nitrogens with one attached hydrogen (secondary N) is 1. The van der Waals surface area contributed by atoms with E-state index in [2.05, 4.69) is 19.2 Å². The van der Waals surface area contributed by atoms with Crippen molar-refractivity contribution in [1.82, 2.24) is 10.2 Å². The molecular weight excluding hydrogens is 531 g/mol. The fourth-order valence-electron chi connectivity index (χ4n) is 4.93. The van der Waals surface area contributed by atoms with Crippen LogP contribution < -0.4 is 10.1 Å². The van der Waals surface area contributed by atoms with Crippen LogP contribution in [-0.4, -0.2) is 35.4 Å². The van der Waals surface area contributed by atoms with Gasteiger partial charge < -0.3 is 15.0 Å². The molecule has 1 saturated carbocycles. The van der Waals surface area contributed by atoms with E-state index in [0.29, 0.717) is 33.7 Å². The first-order valence-corrected chi connectivity index (χ1v) is 14.4. The quantitative estimate of drug-likeness (QED) is 0.267. The Bertz CT molecular complexity index is 1240. The second-order valence-electron chi connectivity index (χ2n) is 10.5. The summed E-state index contributed by atoms with van der Waals surface area (Å²) in [4.78, 5) is 29.1. The smallest absolute Gasteiger partial charge is 0.261 e. The first-order valence-electron chi connectivity index (χ1n) is 13.6. The third-order valence-electron chi connectivity index (χ3n) is 7.24. The number of carbonyl (C=O) groups is 2. The number of ether oxygens (including phenoxy) is 1. The van der Waals surface area contributed by atoms with Gasteiger partial charge in [-0.3, -0.25) is 9.59 Å². The van der Waals surface area contributed by atoms with Crippen molar-refractivity contribution in [2.45, 2.75) is 70.5 Å². The molecule has 3 aromatic rings. The van der Waals surface area contributed by atoms with Gasteiger partial charge in [-0.25, -0.2) is 0 Å². The van der Waals surface area contributed by atoms with Gasteiger partial charge in [0.25, 0.3) is 5.91 Å². The molecule has 1 aliphatic carbocycles. The van der Waals surface area contributed by atoms with Crippen LogP contribution in [-0.2, 0) is 22.6 Å². The Labute approximate surface area is 241 Å². The lowest BCUT2D eigenvalue weighted by Crippen LogP contribution is -2.53. The minimum Gasteiger partial charge on any atom is -0.484 e. The largest absolute Gasteiger partial charge is 0.484 e. The standard InChI is InChI=1S/C32H36Cl2N2O3/c1-22(2)24-13-16-28(17-14-24)39-21-31(37)36(20-25-12-15-26(33)19-29(25)34)30(18-23-8-4-3-5-9-23)32(38)35-27-10-6-7-11-27/h3-5,8-9,12-17,19,22,27,30H,6-7,10-11,18,20-21H2,1-2H3,(H,35,38)/t30-/m1/s1. The predicted octanol–water partition coefficient (Wildman–Crippen LogP) is 7.19. The van der Waals surface area contributed by atoms with Crippen molar-refractivity contribution in [3.05, 3.63) is 99.5 Å². The number of halogens is 2. The van der Waals surface area contributed by atoms with Crippen molar-refractivity contribution in [3.63, 3.8) is 0 Å². The van der Waals surface area contributed by atoms with Crippen molar-refractivity contribution >= 4 is 35.0 Å². The number of carbonyl (C=O) groups excluding carboxylic acids is 2. The topological polar surface area (TPSA) is 58.6 Å². The molecule has 0 aliphatic heterocycles. The SMILES string of the molecule is CC(C)c1ccc(OCC(=O)N(Cc2ccc(Cl)cc2Cl)[C@H](Cc2ccccc2)C(=O)NC2CCCC2)cc1. The summed E-state index contributed by atoms with van der Waals surface area (Å²) < 4.78 is 5.91. The molecule has 5 nitrogen and oxygen atoms in total. The number of benzene rings is 3. The highest BCUT2D eigenvalue weighted by Gasteiger charge is 2.32. The van der Waals surface area contributed by atoms with Crippen LogP contribution in [0.3, 0.4) is 0 Å². The van der Waals surface area contributed by atoms with Crippen LogP contribution in [0.1, 0.15) is 62.1 Å². The predicted molar refractivity (Wildman–Crippen MR) is 157 cm³/mol. The van der Waals surface area contributed by atoms with E-state index in [0.717, 1.165) is 31.2 Å². The highest BCUT2D eigenvalue weighted by Crippen LogP contribution is 2.25. The van der Waals surface area contributed by atoms with E-state index in [1.165, 1.54) is 5.56 Å². The molecule has 39 heavy (non-hydrogen) atoms. The first kappa shape index (κ1) is 29.0. The number of hydrogen-bond acceptors (Lipinski definition) is 3. The van der Waals surface area contributed by atoms with Crippen LogP contribution >= 0.6 is 23.2 Å². The molecule has 7 heteroatoms. The van der Waals surface area contributed by atoms with Gasteiger partial charge in [0.2, 0.25) is 5.91 Å². The van der Waals surface area contributed by atoms with Crippen molar-refractivity contribution in [3.8, 4) is 5.75 Å². The zero-order valence-corrected chi connectivity index (χ0v) is 24.0. The molecular formula is C32H36Cl2N2O3. The monoisotopic (exact) mass is 566 g/mol. The van der Waals surface area contributed by atoms with E-state index in [4.69, 9.17) is 27.9 Å². The Balaban J connectivity index is 1.61. The minimum atomic E-state index is -0.737. The molecule has 4 rings (SSSR count). The summed E-state index contributed by atoms with van der Waals surface area (Å²) in [6.07, 6.45) is 4.48. The first-order chi connectivity index (χ1) is 18.8. The zero-order valence-electron chi connectivity index (χ0n) is 22.5. The maximum absolute atomic E-state index is 13.8. The van der Waals surface area contributed by atoms with Gasteiger partial charge in [0.1, 0.15) is 11.8 Å². The minimum absolute atomic E-state index is 0.127. The van der Waals surface area contributed by atoms with Gasteiger partial charge in [0.05, 0.1) is 0 Å². The highest BCUT2D eigenvalue weighted by atomic mass is 35.5. The molecule has 0 heterocycles.